The van der Waals surface area contributed by atoms with Crippen molar-refractivity contribution in [1.29, 1.82) is 0 Å². The molecule has 0 saturated heterocycles. The Hall–Kier alpha value is -0.790. The van der Waals surface area contributed by atoms with Gasteiger partial charge in [0.25, 0.3) is 0 Å². The summed E-state index contributed by atoms with van der Waals surface area (Å²) in [7, 11) is 0. The van der Waals surface area contributed by atoms with Crippen LogP contribution in [-0.2, 0) is 0 Å². The monoisotopic (exact) mass is 265 g/mol. The maximum Gasteiger partial charge on any atom is 0.132 e. The first-order chi connectivity index (χ1) is 8.27. The minimum atomic E-state index is 0.308. The lowest BCUT2D eigenvalue weighted by Gasteiger charge is -2.24. The standard InChI is InChI=1S/C14H13Cl2N/c15-13-10-7-4-8-11(10)17-14(16)12(13)9-5-2-1-3-6-9/h1-3,5-6,10-11H,4,7-8H2. The molecule has 0 spiro atoms. The van der Waals surface area contributed by atoms with Crippen LogP contribution in [0.5, 0.6) is 0 Å². The van der Waals surface area contributed by atoms with Gasteiger partial charge in [0, 0.05) is 16.5 Å². The van der Waals surface area contributed by atoms with Gasteiger partial charge >= 0.3 is 0 Å². The smallest absolute Gasteiger partial charge is 0.132 e. The van der Waals surface area contributed by atoms with E-state index in [0.29, 0.717) is 17.1 Å². The van der Waals surface area contributed by atoms with E-state index in [-0.39, 0.29) is 0 Å². The average molecular weight is 266 g/mol. The van der Waals surface area contributed by atoms with Crippen molar-refractivity contribution in [2.24, 2.45) is 10.9 Å². The number of benzene rings is 1. The van der Waals surface area contributed by atoms with E-state index in [4.69, 9.17) is 23.2 Å². The van der Waals surface area contributed by atoms with E-state index >= 15 is 0 Å². The van der Waals surface area contributed by atoms with Gasteiger partial charge in [0.05, 0.1) is 6.04 Å². The Labute approximate surface area is 111 Å². The van der Waals surface area contributed by atoms with Crippen molar-refractivity contribution in [2.45, 2.75) is 25.3 Å². The summed E-state index contributed by atoms with van der Waals surface area (Å²) in [5.41, 5.74) is 1.99. The zero-order chi connectivity index (χ0) is 11.8. The molecule has 17 heavy (non-hydrogen) atoms. The molecule has 2 atom stereocenters. The molecule has 1 aromatic carbocycles. The number of hydrogen-bond acceptors (Lipinski definition) is 1. The summed E-state index contributed by atoms with van der Waals surface area (Å²) in [5, 5.41) is 1.48. The number of halogens is 2. The van der Waals surface area contributed by atoms with Gasteiger partial charge in [-0.2, -0.15) is 0 Å². The Kier molecular flexibility index (Phi) is 2.97. The fourth-order valence-corrected chi connectivity index (χ4v) is 3.58. The second kappa shape index (κ2) is 4.47. The Bertz CT molecular complexity index is 490. The molecule has 1 aliphatic carbocycles. The first-order valence-electron chi connectivity index (χ1n) is 5.96. The number of rotatable bonds is 1. The highest BCUT2D eigenvalue weighted by Gasteiger charge is 2.35. The van der Waals surface area contributed by atoms with E-state index in [9.17, 15) is 0 Å². The third kappa shape index (κ3) is 1.92. The van der Waals surface area contributed by atoms with Gasteiger partial charge in [-0.25, -0.2) is 0 Å². The second-order valence-electron chi connectivity index (χ2n) is 4.61. The van der Waals surface area contributed by atoms with Gasteiger partial charge in [-0.3, -0.25) is 4.99 Å². The highest BCUT2D eigenvalue weighted by Crippen LogP contribution is 2.43. The van der Waals surface area contributed by atoms with Crippen LogP contribution in [0.15, 0.2) is 40.4 Å². The molecule has 2 aliphatic rings. The van der Waals surface area contributed by atoms with E-state index in [1.165, 1.54) is 6.42 Å². The molecule has 1 nitrogen and oxygen atoms in total. The molecule has 1 aliphatic heterocycles. The zero-order valence-corrected chi connectivity index (χ0v) is 10.9. The molecule has 3 rings (SSSR count). The summed E-state index contributed by atoms with van der Waals surface area (Å²) in [6.45, 7) is 0. The van der Waals surface area contributed by atoms with Crippen LogP contribution in [0.1, 0.15) is 24.8 Å². The number of hydrogen-bond donors (Lipinski definition) is 0. The third-order valence-electron chi connectivity index (χ3n) is 3.59. The van der Waals surface area contributed by atoms with Gasteiger partial charge in [0.1, 0.15) is 5.17 Å². The molecule has 1 heterocycles. The van der Waals surface area contributed by atoms with Crippen molar-refractivity contribution in [3.63, 3.8) is 0 Å². The van der Waals surface area contributed by atoms with Crippen LogP contribution < -0.4 is 0 Å². The number of allylic oxidation sites excluding steroid dienone is 1. The predicted molar refractivity (Wildman–Crippen MR) is 73.6 cm³/mol. The second-order valence-corrected chi connectivity index (χ2v) is 5.38. The van der Waals surface area contributed by atoms with Gasteiger partial charge in [-0.15, -0.1) is 0 Å². The van der Waals surface area contributed by atoms with Crippen molar-refractivity contribution in [1.82, 2.24) is 0 Å². The highest BCUT2D eigenvalue weighted by molar-refractivity contribution is 6.77. The molecule has 3 heteroatoms. The predicted octanol–water partition coefficient (Wildman–Crippen LogP) is 4.46. The van der Waals surface area contributed by atoms with Gasteiger partial charge in [-0.1, -0.05) is 60.0 Å². The number of fused-ring (bicyclic) bond motifs is 1. The fraction of sp³-hybridized carbons (Fsp3) is 0.357. The quantitative estimate of drug-likeness (QED) is 0.711. The summed E-state index contributed by atoms with van der Waals surface area (Å²) >= 11 is 12.8. The zero-order valence-electron chi connectivity index (χ0n) is 9.37. The van der Waals surface area contributed by atoms with E-state index in [0.717, 1.165) is 29.0 Å². The lowest BCUT2D eigenvalue weighted by molar-refractivity contribution is 0.573. The molecule has 0 N–H and O–H groups in total. The summed E-state index contributed by atoms with van der Waals surface area (Å²) < 4.78 is 0. The lowest BCUT2D eigenvalue weighted by atomic mass is 9.94. The van der Waals surface area contributed by atoms with Crippen molar-refractivity contribution < 1.29 is 0 Å². The minimum absolute atomic E-state index is 0.308. The molecule has 0 aromatic heterocycles. The fourth-order valence-electron chi connectivity index (χ4n) is 2.75. The topological polar surface area (TPSA) is 12.4 Å². The number of dihydropyridines is 1. The van der Waals surface area contributed by atoms with E-state index in [1.807, 2.05) is 30.3 Å². The van der Waals surface area contributed by atoms with Crippen molar-refractivity contribution in [2.75, 3.05) is 0 Å². The van der Waals surface area contributed by atoms with Crippen LogP contribution in [-0.4, -0.2) is 11.2 Å². The molecular formula is C14H13Cl2N. The Balaban J connectivity index is 2.09. The molecule has 88 valence electrons. The highest BCUT2D eigenvalue weighted by atomic mass is 35.5. The van der Waals surface area contributed by atoms with Gasteiger partial charge in [0.15, 0.2) is 0 Å². The molecule has 0 radical (unpaired) electrons. The molecule has 0 amide bonds. The summed E-state index contributed by atoms with van der Waals surface area (Å²) in [6, 6.07) is 10.4. The van der Waals surface area contributed by atoms with Crippen LogP contribution >= 0.6 is 23.2 Å². The lowest BCUT2D eigenvalue weighted by Crippen LogP contribution is -2.20. The van der Waals surface area contributed by atoms with Gasteiger partial charge in [-0.05, 0) is 18.4 Å². The normalized spacial score (nSPS) is 28.0. The Morgan fingerprint density at radius 2 is 1.82 bits per heavy atom. The van der Waals surface area contributed by atoms with Crippen molar-refractivity contribution >= 4 is 33.9 Å². The van der Waals surface area contributed by atoms with Crippen molar-refractivity contribution in [3.05, 3.63) is 40.9 Å². The minimum Gasteiger partial charge on any atom is -0.268 e. The SMILES string of the molecule is ClC1=NC2CCCC2C(Cl)=C1c1ccccc1. The van der Waals surface area contributed by atoms with Crippen LogP contribution in [0.3, 0.4) is 0 Å². The average Bonchev–Trinajstić information content (AvgIpc) is 2.78. The third-order valence-corrected chi connectivity index (χ3v) is 4.35. The van der Waals surface area contributed by atoms with Crippen LogP contribution in [0, 0.1) is 5.92 Å². The molecular weight excluding hydrogens is 253 g/mol. The molecule has 0 bridgehead atoms. The summed E-state index contributed by atoms with van der Waals surface area (Å²) in [6.07, 6.45) is 3.44. The van der Waals surface area contributed by atoms with E-state index in [2.05, 4.69) is 4.99 Å². The van der Waals surface area contributed by atoms with Crippen LogP contribution in [0.2, 0.25) is 0 Å². The van der Waals surface area contributed by atoms with Crippen LogP contribution in [0.4, 0.5) is 0 Å². The first-order valence-corrected chi connectivity index (χ1v) is 6.71. The number of nitrogens with zero attached hydrogens (tertiary/aromatic N) is 1. The van der Waals surface area contributed by atoms with Crippen LogP contribution in [0.25, 0.3) is 5.57 Å². The van der Waals surface area contributed by atoms with Gasteiger partial charge < -0.3 is 0 Å². The summed E-state index contributed by atoms with van der Waals surface area (Å²) in [5.74, 6) is 0.384. The maximum atomic E-state index is 6.53. The van der Waals surface area contributed by atoms with Crippen molar-refractivity contribution in [3.8, 4) is 0 Å². The largest absolute Gasteiger partial charge is 0.268 e. The van der Waals surface area contributed by atoms with E-state index < -0.39 is 0 Å². The molecule has 1 saturated carbocycles. The molecule has 2 unspecified atom stereocenters. The number of aliphatic imine (C=N–C) groups is 1. The molecule has 1 fully saturated rings. The van der Waals surface area contributed by atoms with Gasteiger partial charge in [0.2, 0.25) is 0 Å². The Morgan fingerprint density at radius 3 is 2.59 bits per heavy atom. The first kappa shape index (κ1) is 11.3. The maximum absolute atomic E-state index is 6.53. The Morgan fingerprint density at radius 1 is 1.06 bits per heavy atom. The van der Waals surface area contributed by atoms with E-state index in [1.54, 1.807) is 0 Å². The molecule has 1 aromatic rings. The summed E-state index contributed by atoms with van der Waals surface area (Å²) in [4.78, 5) is 4.59.